The monoisotopic (exact) mass is 232 g/mol. The Hall–Kier alpha value is -0.820. The normalized spacial score (nSPS) is 37.4. The van der Waals surface area contributed by atoms with Gasteiger partial charge in [0.1, 0.15) is 0 Å². The lowest BCUT2D eigenvalue weighted by atomic mass is 9.70. The van der Waals surface area contributed by atoms with E-state index < -0.39 is 0 Å². The molecule has 0 aromatic heterocycles. The Bertz CT molecular complexity index is 330. The lowest BCUT2D eigenvalue weighted by Gasteiger charge is -2.36. The molecule has 0 aliphatic heterocycles. The molecule has 2 fully saturated rings. The van der Waals surface area contributed by atoms with Gasteiger partial charge in [0.15, 0.2) is 0 Å². The molecule has 2 bridgehead atoms. The Morgan fingerprint density at radius 1 is 0.941 bits per heavy atom. The van der Waals surface area contributed by atoms with Gasteiger partial charge in [0, 0.05) is 0 Å². The molecule has 1 aromatic carbocycles. The Balaban J connectivity index is 0.000000153. The first-order valence-corrected chi connectivity index (χ1v) is 6.66. The number of hydrogen-bond donors (Lipinski definition) is 1. The number of rotatable bonds is 0. The van der Waals surface area contributed by atoms with Crippen molar-refractivity contribution in [3.05, 3.63) is 36.4 Å². The summed E-state index contributed by atoms with van der Waals surface area (Å²) in [7, 11) is 0. The van der Waals surface area contributed by atoms with E-state index in [1.165, 1.54) is 12.8 Å². The fraction of sp³-hybridized carbons (Fsp3) is 0.625. The molecule has 0 radical (unpaired) electrons. The largest absolute Gasteiger partial charge is 0.393 e. The van der Waals surface area contributed by atoms with Gasteiger partial charge in [0.2, 0.25) is 0 Å². The van der Waals surface area contributed by atoms with Crippen LogP contribution in [0.3, 0.4) is 0 Å². The minimum Gasteiger partial charge on any atom is -0.393 e. The Labute approximate surface area is 105 Å². The summed E-state index contributed by atoms with van der Waals surface area (Å²) >= 11 is 0. The minimum absolute atomic E-state index is 0.0313. The molecule has 3 rings (SSSR count). The molecule has 1 nitrogen and oxygen atoms in total. The standard InChI is InChI=1S/C10H18O.C6H6/c1-9(2)7-4-5-10(9,3)8(11)6-7;1-2-4-6-5-3-1/h7-8,11H,4-6H2,1-3H3;1-6H/t7-,8+,10+;/m1./s1. The third-order valence-corrected chi connectivity index (χ3v) is 5.41. The lowest BCUT2D eigenvalue weighted by molar-refractivity contribution is 0.0126. The highest BCUT2D eigenvalue weighted by Crippen LogP contribution is 2.65. The van der Waals surface area contributed by atoms with Crippen molar-refractivity contribution >= 4 is 0 Å². The molecule has 3 atom stereocenters. The number of hydrogen-bond acceptors (Lipinski definition) is 1. The van der Waals surface area contributed by atoms with Crippen LogP contribution in [0, 0.1) is 16.7 Å². The summed E-state index contributed by atoms with van der Waals surface area (Å²) in [6.07, 6.45) is 3.58. The molecule has 17 heavy (non-hydrogen) atoms. The number of aliphatic hydroxyl groups excluding tert-OH is 1. The molecule has 0 heterocycles. The third kappa shape index (κ3) is 2.01. The molecule has 94 valence electrons. The summed E-state index contributed by atoms with van der Waals surface area (Å²) in [5.41, 5.74) is 0.601. The summed E-state index contributed by atoms with van der Waals surface area (Å²) in [4.78, 5) is 0. The quantitative estimate of drug-likeness (QED) is 0.719. The summed E-state index contributed by atoms with van der Waals surface area (Å²) in [5.74, 6) is 0.780. The van der Waals surface area contributed by atoms with Crippen LogP contribution >= 0.6 is 0 Å². The molecule has 1 aromatic rings. The molecule has 0 spiro atoms. The van der Waals surface area contributed by atoms with Crippen LogP contribution in [0.25, 0.3) is 0 Å². The van der Waals surface area contributed by atoms with Crippen LogP contribution in [0.15, 0.2) is 36.4 Å². The minimum atomic E-state index is -0.0313. The van der Waals surface area contributed by atoms with Crippen molar-refractivity contribution in [2.45, 2.75) is 46.1 Å². The van der Waals surface area contributed by atoms with Crippen molar-refractivity contribution in [3.63, 3.8) is 0 Å². The predicted molar refractivity (Wildman–Crippen MR) is 71.7 cm³/mol. The molecule has 2 saturated carbocycles. The molecule has 2 aliphatic carbocycles. The Morgan fingerprint density at radius 2 is 1.41 bits per heavy atom. The van der Waals surface area contributed by atoms with Crippen molar-refractivity contribution in [1.29, 1.82) is 0 Å². The summed E-state index contributed by atoms with van der Waals surface area (Å²) in [6.45, 7) is 6.90. The highest BCUT2D eigenvalue weighted by atomic mass is 16.3. The van der Waals surface area contributed by atoms with Crippen LogP contribution in [0.4, 0.5) is 0 Å². The van der Waals surface area contributed by atoms with Crippen LogP contribution < -0.4 is 0 Å². The molecule has 0 amide bonds. The van der Waals surface area contributed by atoms with Crippen LogP contribution in [-0.2, 0) is 0 Å². The maximum absolute atomic E-state index is 9.81. The van der Waals surface area contributed by atoms with E-state index in [4.69, 9.17) is 0 Å². The number of benzene rings is 1. The highest BCUT2D eigenvalue weighted by molar-refractivity contribution is 5.10. The first-order valence-electron chi connectivity index (χ1n) is 6.66. The van der Waals surface area contributed by atoms with Crippen LogP contribution in [0.5, 0.6) is 0 Å². The predicted octanol–water partition coefficient (Wildman–Crippen LogP) is 3.88. The molecule has 0 saturated heterocycles. The van der Waals surface area contributed by atoms with Gasteiger partial charge in [-0.2, -0.15) is 0 Å². The maximum atomic E-state index is 9.81. The van der Waals surface area contributed by atoms with Crippen LogP contribution in [0.1, 0.15) is 40.0 Å². The SMILES string of the molecule is CC1(C)[C@@H]2CC[C@@]1(C)[C@@H](O)C2.c1ccccc1. The van der Waals surface area contributed by atoms with E-state index in [9.17, 15) is 5.11 Å². The average Bonchev–Trinajstić information content (AvgIpc) is 2.65. The fourth-order valence-corrected chi connectivity index (χ4v) is 3.55. The average molecular weight is 232 g/mol. The van der Waals surface area contributed by atoms with Gasteiger partial charge in [0.25, 0.3) is 0 Å². The zero-order chi connectivity index (χ0) is 12.5. The lowest BCUT2D eigenvalue weighted by Crippen LogP contribution is -2.35. The second kappa shape index (κ2) is 4.45. The highest BCUT2D eigenvalue weighted by Gasteiger charge is 2.60. The van der Waals surface area contributed by atoms with Crippen molar-refractivity contribution in [3.8, 4) is 0 Å². The van der Waals surface area contributed by atoms with E-state index in [0.717, 1.165) is 12.3 Å². The molecule has 1 N–H and O–H groups in total. The Kier molecular flexibility index (Phi) is 3.31. The second-order valence-electron chi connectivity index (χ2n) is 6.28. The van der Waals surface area contributed by atoms with Gasteiger partial charge in [-0.25, -0.2) is 0 Å². The van der Waals surface area contributed by atoms with Crippen LogP contribution in [0.2, 0.25) is 0 Å². The smallest absolute Gasteiger partial charge is 0.0601 e. The van der Waals surface area contributed by atoms with E-state index >= 15 is 0 Å². The third-order valence-electron chi connectivity index (χ3n) is 5.41. The first-order chi connectivity index (χ1) is 7.98. The van der Waals surface area contributed by atoms with Gasteiger partial charge < -0.3 is 5.11 Å². The zero-order valence-electron chi connectivity index (χ0n) is 11.2. The number of aliphatic hydroxyl groups is 1. The van der Waals surface area contributed by atoms with Gasteiger partial charge in [-0.1, -0.05) is 57.2 Å². The molecule has 0 unspecified atom stereocenters. The summed E-state index contributed by atoms with van der Waals surface area (Å²) < 4.78 is 0. The van der Waals surface area contributed by atoms with E-state index in [0.29, 0.717) is 5.41 Å². The second-order valence-corrected chi connectivity index (χ2v) is 6.28. The molecular weight excluding hydrogens is 208 g/mol. The fourth-order valence-electron chi connectivity index (χ4n) is 3.55. The van der Waals surface area contributed by atoms with E-state index in [1.54, 1.807) is 0 Å². The molecule has 1 heteroatoms. The van der Waals surface area contributed by atoms with E-state index in [2.05, 4.69) is 20.8 Å². The van der Waals surface area contributed by atoms with Crippen molar-refractivity contribution < 1.29 is 5.11 Å². The molecular formula is C16H24O. The van der Waals surface area contributed by atoms with Gasteiger partial charge in [0.05, 0.1) is 6.10 Å². The van der Waals surface area contributed by atoms with Gasteiger partial charge in [-0.3, -0.25) is 0 Å². The maximum Gasteiger partial charge on any atom is 0.0601 e. The topological polar surface area (TPSA) is 20.2 Å². The van der Waals surface area contributed by atoms with Crippen LogP contribution in [-0.4, -0.2) is 11.2 Å². The van der Waals surface area contributed by atoms with E-state index in [1.807, 2.05) is 36.4 Å². The van der Waals surface area contributed by atoms with Crippen molar-refractivity contribution in [2.75, 3.05) is 0 Å². The summed E-state index contributed by atoms with van der Waals surface area (Å²) in [6, 6.07) is 12.0. The van der Waals surface area contributed by atoms with Gasteiger partial charge in [-0.15, -0.1) is 0 Å². The molecule has 2 aliphatic rings. The van der Waals surface area contributed by atoms with Crippen molar-refractivity contribution in [1.82, 2.24) is 0 Å². The van der Waals surface area contributed by atoms with E-state index in [-0.39, 0.29) is 11.5 Å². The van der Waals surface area contributed by atoms with Gasteiger partial charge >= 0.3 is 0 Å². The number of fused-ring (bicyclic) bond motifs is 2. The zero-order valence-corrected chi connectivity index (χ0v) is 11.2. The summed E-state index contributed by atoms with van der Waals surface area (Å²) in [5, 5.41) is 9.81. The Morgan fingerprint density at radius 3 is 1.59 bits per heavy atom. The first kappa shape index (κ1) is 12.6. The van der Waals surface area contributed by atoms with Crippen molar-refractivity contribution in [2.24, 2.45) is 16.7 Å². The van der Waals surface area contributed by atoms with Gasteiger partial charge in [-0.05, 0) is 36.0 Å².